The maximum Gasteiger partial charge on any atom is 0.149 e. The van der Waals surface area contributed by atoms with Crippen molar-refractivity contribution in [1.82, 2.24) is 14.5 Å². The minimum atomic E-state index is 0.713. The number of aryl methyl sites for hydroxylation is 1. The second-order valence-electron chi connectivity index (χ2n) is 5.17. The largest absolute Gasteiger partial charge is 0.456 e. The fourth-order valence-corrected chi connectivity index (χ4v) is 3.48. The Hall–Kier alpha value is -2.86. The lowest BCUT2D eigenvalue weighted by Crippen LogP contribution is -1.87. The van der Waals surface area contributed by atoms with E-state index >= 15 is 0 Å². The summed E-state index contributed by atoms with van der Waals surface area (Å²) in [5, 5.41) is 0. The summed E-state index contributed by atoms with van der Waals surface area (Å²) in [4.78, 5) is 9.89. The molecule has 0 fully saturated rings. The van der Waals surface area contributed by atoms with Gasteiger partial charge in [-0.3, -0.25) is 4.98 Å². The van der Waals surface area contributed by atoms with E-state index in [-0.39, 0.29) is 0 Å². The molecule has 0 unspecified atom stereocenters. The number of anilines is 1. The molecular formula is C17H14N4OS. The lowest BCUT2D eigenvalue weighted by molar-refractivity contribution is 0.489. The van der Waals surface area contributed by atoms with Crippen LogP contribution < -0.4 is 10.5 Å². The van der Waals surface area contributed by atoms with Crippen LogP contribution in [0.1, 0.15) is 0 Å². The van der Waals surface area contributed by atoms with E-state index in [0.717, 1.165) is 32.4 Å². The van der Waals surface area contributed by atoms with Gasteiger partial charge in [-0.15, -0.1) is 11.3 Å². The van der Waals surface area contributed by atoms with Gasteiger partial charge in [-0.25, -0.2) is 4.98 Å². The molecule has 23 heavy (non-hydrogen) atoms. The molecule has 4 rings (SSSR count). The molecule has 0 aliphatic rings. The number of pyridine rings is 1. The Morgan fingerprint density at radius 2 is 1.91 bits per heavy atom. The molecule has 114 valence electrons. The standard InChI is InChI=1S/C17H14N4OS/c1-21-9-8-20-17(21)15-10-13-16(23-15)14(6-7-19-13)22-12-4-2-11(18)3-5-12/h2-10H,18H2,1H3. The number of ether oxygens (including phenoxy) is 1. The molecule has 0 aliphatic heterocycles. The van der Waals surface area contributed by atoms with Crippen molar-refractivity contribution in [3.63, 3.8) is 0 Å². The molecule has 0 atom stereocenters. The summed E-state index contributed by atoms with van der Waals surface area (Å²) in [6.45, 7) is 0. The maximum absolute atomic E-state index is 6.00. The summed E-state index contributed by atoms with van der Waals surface area (Å²) < 4.78 is 8.99. The van der Waals surface area contributed by atoms with Crippen LogP contribution in [0.3, 0.4) is 0 Å². The van der Waals surface area contributed by atoms with Gasteiger partial charge in [-0.05, 0) is 30.3 Å². The van der Waals surface area contributed by atoms with Gasteiger partial charge in [0.15, 0.2) is 0 Å². The zero-order valence-electron chi connectivity index (χ0n) is 12.4. The van der Waals surface area contributed by atoms with E-state index < -0.39 is 0 Å². The Bertz CT molecular complexity index is 972. The highest BCUT2D eigenvalue weighted by Gasteiger charge is 2.13. The minimum Gasteiger partial charge on any atom is -0.456 e. The highest BCUT2D eigenvalue weighted by atomic mass is 32.1. The van der Waals surface area contributed by atoms with E-state index in [1.165, 1.54) is 0 Å². The first-order valence-corrected chi connectivity index (χ1v) is 7.92. The van der Waals surface area contributed by atoms with Crippen molar-refractivity contribution in [2.75, 3.05) is 5.73 Å². The number of nitrogens with zero attached hydrogens (tertiary/aromatic N) is 3. The second-order valence-corrected chi connectivity index (χ2v) is 6.22. The Morgan fingerprint density at radius 3 is 2.65 bits per heavy atom. The molecule has 1 aromatic carbocycles. The van der Waals surface area contributed by atoms with Crippen molar-refractivity contribution in [2.45, 2.75) is 0 Å². The van der Waals surface area contributed by atoms with Gasteiger partial charge >= 0.3 is 0 Å². The predicted octanol–water partition coefficient (Wildman–Crippen LogP) is 4.07. The number of nitrogens with two attached hydrogens (primary N) is 1. The Balaban J connectivity index is 1.77. The minimum absolute atomic E-state index is 0.713. The molecule has 2 N–H and O–H groups in total. The molecule has 0 aliphatic carbocycles. The van der Waals surface area contributed by atoms with Crippen LogP contribution in [0.4, 0.5) is 5.69 Å². The van der Waals surface area contributed by atoms with Crippen LogP contribution in [0.15, 0.2) is 55.0 Å². The van der Waals surface area contributed by atoms with Crippen molar-refractivity contribution in [3.05, 3.63) is 55.0 Å². The van der Waals surface area contributed by atoms with Gasteiger partial charge in [0.2, 0.25) is 0 Å². The zero-order valence-corrected chi connectivity index (χ0v) is 13.2. The molecule has 3 aromatic heterocycles. The molecule has 0 amide bonds. The quantitative estimate of drug-likeness (QED) is 0.577. The summed E-state index contributed by atoms with van der Waals surface area (Å²) in [5.41, 5.74) is 7.33. The summed E-state index contributed by atoms with van der Waals surface area (Å²) in [6.07, 6.45) is 5.47. The van der Waals surface area contributed by atoms with Crippen molar-refractivity contribution in [1.29, 1.82) is 0 Å². The molecule has 0 radical (unpaired) electrons. The van der Waals surface area contributed by atoms with Crippen LogP contribution in [0.5, 0.6) is 11.5 Å². The zero-order chi connectivity index (χ0) is 15.8. The summed E-state index contributed by atoms with van der Waals surface area (Å²) in [6, 6.07) is 11.3. The third-order valence-corrected chi connectivity index (χ3v) is 4.66. The van der Waals surface area contributed by atoms with E-state index in [4.69, 9.17) is 10.5 Å². The Labute approximate surface area is 137 Å². The smallest absolute Gasteiger partial charge is 0.149 e. The first-order chi connectivity index (χ1) is 11.2. The molecule has 0 saturated carbocycles. The van der Waals surface area contributed by atoms with Crippen LogP contribution in [-0.2, 0) is 7.05 Å². The first kappa shape index (κ1) is 13.8. The number of imidazole rings is 1. The number of benzene rings is 1. The van der Waals surface area contributed by atoms with Crippen LogP contribution >= 0.6 is 11.3 Å². The van der Waals surface area contributed by atoms with Gasteiger partial charge in [0.05, 0.1) is 15.1 Å². The third-order valence-electron chi connectivity index (χ3n) is 3.53. The van der Waals surface area contributed by atoms with Crippen molar-refractivity contribution in [2.24, 2.45) is 7.05 Å². The fourth-order valence-electron chi connectivity index (χ4n) is 2.37. The Morgan fingerprint density at radius 1 is 1.09 bits per heavy atom. The number of thiophene rings is 1. The second kappa shape index (κ2) is 5.40. The highest BCUT2D eigenvalue weighted by molar-refractivity contribution is 7.22. The average Bonchev–Trinajstić information content (AvgIpc) is 3.15. The summed E-state index contributed by atoms with van der Waals surface area (Å²) in [5.74, 6) is 2.45. The summed E-state index contributed by atoms with van der Waals surface area (Å²) >= 11 is 1.62. The number of nitrogen functional groups attached to an aromatic ring is 1. The Kier molecular flexibility index (Phi) is 3.24. The maximum atomic E-state index is 6.00. The number of rotatable bonds is 3. The van der Waals surface area contributed by atoms with Gasteiger partial charge < -0.3 is 15.0 Å². The van der Waals surface area contributed by atoms with E-state index in [0.29, 0.717) is 5.69 Å². The summed E-state index contributed by atoms with van der Waals surface area (Å²) in [7, 11) is 1.98. The monoisotopic (exact) mass is 322 g/mol. The van der Waals surface area contributed by atoms with E-state index in [1.54, 1.807) is 23.7 Å². The number of hydrogen-bond acceptors (Lipinski definition) is 5. The van der Waals surface area contributed by atoms with E-state index in [1.807, 2.05) is 54.2 Å². The SMILES string of the molecule is Cn1ccnc1-c1cc2nccc(Oc3ccc(N)cc3)c2s1. The van der Waals surface area contributed by atoms with Crippen molar-refractivity contribution >= 4 is 27.2 Å². The number of aromatic nitrogens is 3. The molecule has 5 nitrogen and oxygen atoms in total. The first-order valence-electron chi connectivity index (χ1n) is 7.10. The van der Waals surface area contributed by atoms with E-state index in [9.17, 15) is 0 Å². The lowest BCUT2D eigenvalue weighted by Gasteiger charge is -2.06. The topological polar surface area (TPSA) is 66.0 Å². The number of fused-ring (bicyclic) bond motifs is 1. The molecule has 4 aromatic rings. The normalized spacial score (nSPS) is 11.0. The molecule has 0 bridgehead atoms. The van der Waals surface area contributed by atoms with Crippen molar-refractivity contribution in [3.8, 4) is 22.2 Å². The van der Waals surface area contributed by atoms with Gasteiger partial charge in [0.1, 0.15) is 17.3 Å². The predicted molar refractivity (Wildman–Crippen MR) is 92.8 cm³/mol. The van der Waals surface area contributed by atoms with Crippen LogP contribution in [0.2, 0.25) is 0 Å². The average molecular weight is 322 g/mol. The third kappa shape index (κ3) is 2.53. The molecule has 6 heteroatoms. The van der Waals surface area contributed by atoms with Gasteiger partial charge in [0.25, 0.3) is 0 Å². The van der Waals surface area contributed by atoms with Crippen LogP contribution in [-0.4, -0.2) is 14.5 Å². The fraction of sp³-hybridized carbons (Fsp3) is 0.0588. The lowest BCUT2D eigenvalue weighted by atomic mass is 10.3. The molecule has 3 heterocycles. The van der Waals surface area contributed by atoms with Crippen molar-refractivity contribution < 1.29 is 4.74 Å². The molecule has 0 saturated heterocycles. The van der Waals surface area contributed by atoms with Gasteiger partial charge in [-0.1, -0.05) is 0 Å². The van der Waals surface area contributed by atoms with E-state index in [2.05, 4.69) is 9.97 Å². The van der Waals surface area contributed by atoms with Gasteiger partial charge in [-0.2, -0.15) is 0 Å². The number of hydrogen-bond donors (Lipinski definition) is 1. The molecular weight excluding hydrogens is 308 g/mol. The van der Waals surface area contributed by atoms with Crippen LogP contribution in [0.25, 0.3) is 20.9 Å². The van der Waals surface area contributed by atoms with Gasteiger partial charge in [0, 0.05) is 37.4 Å². The van der Waals surface area contributed by atoms with Crippen LogP contribution in [0, 0.1) is 0 Å². The molecule has 0 spiro atoms. The highest BCUT2D eigenvalue weighted by Crippen LogP contribution is 2.38.